The summed E-state index contributed by atoms with van der Waals surface area (Å²) in [6.07, 6.45) is 0.902. The second kappa shape index (κ2) is 7.41. The number of aldehydes is 1. The second-order valence-electron chi connectivity index (χ2n) is 4.57. The Kier molecular flexibility index (Phi) is 5.56. The van der Waals surface area contributed by atoms with Crippen molar-refractivity contribution < 1.29 is 4.79 Å². The van der Waals surface area contributed by atoms with E-state index in [0.29, 0.717) is 5.56 Å². The number of pyridine rings is 1. The third-order valence-electron chi connectivity index (χ3n) is 3.38. The summed E-state index contributed by atoms with van der Waals surface area (Å²) in [7, 11) is 0. The molecule has 0 saturated carbocycles. The molecule has 2 rings (SSSR count). The van der Waals surface area contributed by atoms with Gasteiger partial charge in [0, 0.05) is 23.2 Å². The van der Waals surface area contributed by atoms with Crippen molar-refractivity contribution in [3.05, 3.63) is 35.9 Å². The van der Waals surface area contributed by atoms with Crippen LogP contribution >= 0.6 is 11.8 Å². The van der Waals surface area contributed by atoms with Crippen molar-refractivity contribution in [2.45, 2.75) is 18.9 Å². The number of hydrogen-bond acceptors (Lipinski definition) is 4. The summed E-state index contributed by atoms with van der Waals surface area (Å²) in [6, 6.07) is 9.83. The van der Waals surface area contributed by atoms with E-state index in [2.05, 4.69) is 23.7 Å². The van der Waals surface area contributed by atoms with Crippen LogP contribution in [0.3, 0.4) is 0 Å². The van der Waals surface area contributed by atoms with E-state index >= 15 is 0 Å². The first kappa shape index (κ1) is 15.0. The zero-order valence-electron chi connectivity index (χ0n) is 12.0. The van der Waals surface area contributed by atoms with Gasteiger partial charge in [-0.15, -0.1) is 11.8 Å². The van der Waals surface area contributed by atoms with Gasteiger partial charge in [-0.1, -0.05) is 32.0 Å². The summed E-state index contributed by atoms with van der Waals surface area (Å²) in [5.74, 6) is 0.952. The van der Waals surface area contributed by atoms with Crippen LogP contribution in [0.1, 0.15) is 24.2 Å². The minimum absolute atomic E-state index is 0.688. The molecule has 0 aliphatic rings. The van der Waals surface area contributed by atoms with Crippen molar-refractivity contribution in [1.82, 2.24) is 9.88 Å². The number of thioether (sulfide) groups is 1. The molecule has 20 heavy (non-hydrogen) atoms. The fourth-order valence-electron chi connectivity index (χ4n) is 2.13. The SMILES string of the molecule is CCN(CC)CCSc1nc2ccccc2cc1C=O. The van der Waals surface area contributed by atoms with E-state index in [1.807, 2.05) is 30.3 Å². The molecule has 1 aromatic heterocycles. The van der Waals surface area contributed by atoms with Gasteiger partial charge in [0.1, 0.15) is 5.03 Å². The third-order valence-corrected chi connectivity index (χ3v) is 4.37. The Balaban J connectivity index is 2.14. The highest BCUT2D eigenvalue weighted by Crippen LogP contribution is 2.23. The molecule has 0 spiro atoms. The fourth-order valence-corrected chi connectivity index (χ4v) is 3.11. The molecule has 0 bridgehead atoms. The smallest absolute Gasteiger partial charge is 0.152 e. The predicted molar refractivity (Wildman–Crippen MR) is 85.6 cm³/mol. The average Bonchev–Trinajstić information content (AvgIpc) is 2.50. The number of benzene rings is 1. The summed E-state index contributed by atoms with van der Waals surface area (Å²) in [5.41, 5.74) is 1.64. The highest BCUT2D eigenvalue weighted by Gasteiger charge is 2.07. The van der Waals surface area contributed by atoms with Crippen molar-refractivity contribution in [3.8, 4) is 0 Å². The molecule has 0 aliphatic carbocycles. The van der Waals surface area contributed by atoms with Crippen LogP contribution in [-0.2, 0) is 0 Å². The maximum absolute atomic E-state index is 11.2. The molecule has 0 unspecified atom stereocenters. The number of para-hydroxylation sites is 1. The molecule has 0 fully saturated rings. The van der Waals surface area contributed by atoms with Crippen molar-refractivity contribution in [1.29, 1.82) is 0 Å². The Morgan fingerprint density at radius 1 is 1.25 bits per heavy atom. The van der Waals surface area contributed by atoms with Crippen LogP contribution in [0.2, 0.25) is 0 Å². The Bertz CT molecular complexity index is 582. The van der Waals surface area contributed by atoms with E-state index in [4.69, 9.17) is 0 Å². The maximum atomic E-state index is 11.2. The van der Waals surface area contributed by atoms with Crippen molar-refractivity contribution in [2.24, 2.45) is 0 Å². The molecular formula is C16H20N2OS. The van der Waals surface area contributed by atoms with Gasteiger partial charge in [0.15, 0.2) is 6.29 Å². The van der Waals surface area contributed by atoms with Gasteiger partial charge in [0.2, 0.25) is 0 Å². The number of carbonyl (C=O) groups excluding carboxylic acids is 1. The van der Waals surface area contributed by atoms with Crippen molar-refractivity contribution >= 4 is 29.0 Å². The molecule has 106 valence electrons. The van der Waals surface area contributed by atoms with Gasteiger partial charge >= 0.3 is 0 Å². The summed E-state index contributed by atoms with van der Waals surface area (Å²) >= 11 is 1.66. The average molecular weight is 288 g/mol. The molecule has 0 amide bonds. The van der Waals surface area contributed by atoms with Crippen LogP contribution in [0.25, 0.3) is 10.9 Å². The van der Waals surface area contributed by atoms with Gasteiger partial charge < -0.3 is 4.90 Å². The lowest BCUT2D eigenvalue weighted by Crippen LogP contribution is -2.25. The number of rotatable bonds is 7. The molecule has 2 aromatic rings. The van der Waals surface area contributed by atoms with E-state index in [1.165, 1.54) is 0 Å². The Labute approximate surface area is 124 Å². The first-order valence-electron chi connectivity index (χ1n) is 6.98. The summed E-state index contributed by atoms with van der Waals surface area (Å²) < 4.78 is 0. The van der Waals surface area contributed by atoms with Crippen molar-refractivity contribution in [3.63, 3.8) is 0 Å². The molecule has 0 N–H and O–H groups in total. The molecule has 4 heteroatoms. The topological polar surface area (TPSA) is 33.2 Å². The van der Waals surface area contributed by atoms with Gasteiger partial charge in [-0.25, -0.2) is 4.98 Å². The summed E-state index contributed by atoms with van der Waals surface area (Å²) in [5, 5.41) is 1.86. The zero-order chi connectivity index (χ0) is 14.4. The van der Waals surface area contributed by atoms with Crippen LogP contribution < -0.4 is 0 Å². The highest BCUT2D eigenvalue weighted by atomic mass is 32.2. The molecule has 1 heterocycles. The van der Waals surface area contributed by atoms with Gasteiger partial charge in [0.05, 0.1) is 5.52 Å². The quantitative estimate of drug-likeness (QED) is 0.577. The number of carbonyl (C=O) groups is 1. The lowest BCUT2D eigenvalue weighted by Gasteiger charge is -2.17. The zero-order valence-corrected chi connectivity index (χ0v) is 12.8. The number of nitrogens with zero attached hydrogens (tertiary/aromatic N) is 2. The van der Waals surface area contributed by atoms with E-state index in [9.17, 15) is 4.79 Å². The van der Waals surface area contributed by atoms with E-state index in [0.717, 1.165) is 47.6 Å². The Hall–Kier alpha value is -1.39. The lowest BCUT2D eigenvalue weighted by atomic mass is 10.2. The number of aromatic nitrogens is 1. The molecule has 3 nitrogen and oxygen atoms in total. The van der Waals surface area contributed by atoms with Gasteiger partial charge in [0.25, 0.3) is 0 Å². The normalized spacial score (nSPS) is 11.2. The monoisotopic (exact) mass is 288 g/mol. The van der Waals surface area contributed by atoms with Crippen LogP contribution in [0.15, 0.2) is 35.4 Å². The largest absolute Gasteiger partial charge is 0.303 e. The van der Waals surface area contributed by atoms with Gasteiger partial charge in [-0.3, -0.25) is 4.79 Å². The summed E-state index contributed by atoms with van der Waals surface area (Å²) in [4.78, 5) is 18.2. The Morgan fingerprint density at radius 3 is 2.70 bits per heavy atom. The van der Waals surface area contributed by atoms with Crippen LogP contribution in [0.5, 0.6) is 0 Å². The minimum atomic E-state index is 0.688. The molecule has 0 saturated heterocycles. The number of fused-ring (bicyclic) bond motifs is 1. The molecule has 0 aliphatic heterocycles. The minimum Gasteiger partial charge on any atom is -0.303 e. The molecular weight excluding hydrogens is 268 g/mol. The second-order valence-corrected chi connectivity index (χ2v) is 5.65. The summed E-state index contributed by atoms with van der Waals surface area (Å²) in [6.45, 7) is 7.47. The van der Waals surface area contributed by atoms with Crippen LogP contribution in [-0.4, -0.2) is 41.6 Å². The van der Waals surface area contributed by atoms with E-state index < -0.39 is 0 Å². The fraction of sp³-hybridized carbons (Fsp3) is 0.375. The predicted octanol–water partition coefficient (Wildman–Crippen LogP) is 3.48. The van der Waals surface area contributed by atoms with Crippen LogP contribution in [0, 0.1) is 0 Å². The third kappa shape index (κ3) is 3.58. The maximum Gasteiger partial charge on any atom is 0.152 e. The first-order valence-corrected chi connectivity index (χ1v) is 7.97. The van der Waals surface area contributed by atoms with Gasteiger partial charge in [-0.05, 0) is 25.2 Å². The molecule has 0 radical (unpaired) electrons. The number of hydrogen-bond donors (Lipinski definition) is 0. The molecule has 1 aromatic carbocycles. The highest BCUT2D eigenvalue weighted by molar-refractivity contribution is 7.99. The molecule has 0 atom stereocenters. The van der Waals surface area contributed by atoms with Gasteiger partial charge in [-0.2, -0.15) is 0 Å². The standard InChI is InChI=1S/C16H20N2OS/c1-3-18(4-2)9-10-20-16-14(12-19)11-13-7-5-6-8-15(13)17-16/h5-8,11-12H,3-4,9-10H2,1-2H3. The van der Waals surface area contributed by atoms with E-state index in [1.54, 1.807) is 11.8 Å². The van der Waals surface area contributed by atoms with Crippen molar-refractivity contribution in [2.75, 3.05) is 25.4 Å². The lowest BCUT2D eigenvalue weighted by molar-refractivity contribution is 0.112. The first-order chi connectivity index (χ1) is 9.78. The van der Waals surface area contributed by atoms with E-state index in [-0.39, 0.29) is 0 Å². The Morgan fingerprint density at radius 2 is 2.00 bits per heavy atom. The van der Waals surface area contributed by atoms with Crippen LogP contribution in [0.4, 0.5) is 0 Å².